The SMILES string of the molecule is O=S1OCC(c2ccccc2OCCCOC2CCN(c3ncccn3)CC2)CO1. The van der Waals surface area contributed by atoms with Crippen LogP contribution < -0.4 is 9.64 Å². The number of para-hydroxylation sites is 1. The van der Waals surface area contributed by atoms with Gasteiger partial charge in [0, 0.05) is 43.4 Å². The van der Waals surface area contributed by atoms with Gasteiger partial charge in [0.1, 0.15) is 5.75 Å². The first-order valence-corrected chi connectivity index (χ1v) is 11.3. The van der Waals surface area contributed by atoms with E-state index < -0.39 is 11.4 Å². The Labute approximate surface area is 179 Å². The van der Waals surface area contributed by atoms with Crippen molar-refractivity contribution in [3.63, 3.8) is 0 Å². The highest BCUT2D eigenvalue weighted by Gasteiger charge is 2.24. The van der Waals surface area contributed by atoms with Crippen molar-refractivity contribution in [2.75, 3.05) is 44.4 Å². The summed E-state index contributed by atoms with van der Waals surface area (Å²) in [6.07, 6.45) is 6.60. The van der Waals surface area contributed by atoms with E-state index in [1.165, 1.54) is 0 Å². The van der Waals surface area contributed by atoms with Gasteiger partial charge in [-0.3, -0.25) is 8.37 Å². The number of aromatic nitrogens is 2. The second kappa shape index (κ2) is 10.8. The van der Waals surface area contributed by atoms with E-state index in [2.05, 4.69) is 14.9 Å². The highest BCUT2D eigenvalue weighted by molar-refractivity contribution is 7.75. The minimum atomic E-state index is -1.63. The third-order valence-corrected chi connectivity index (χ3v) is 5.92. The normalized spacial score (nSPS) is 22.7. The summed E-state index contributed by atoms with van der Waals surface area (Å²) in [7, 11) is 0. The second-order valence-corrected chi connectivity index (χ2v) is 8.20. The third-order valence-electron chi connectivity index (χ3n) is 5.27. The van der Waals surface area contributed by atoms with Gasteiger partial charge in [0.25, 0.3) is 0 Å². The molecule has 30 heavy (non-hydrogen) atoms. The Morgan fingerprint density at radius 1 is 1.03 bits per heavy atom. The molecule has 0 atom stereocenters. The van der Waals surface area contributed by atoms with Gasteiger partial charge in [-0.2, -0.15) is 4.21 Å². The van der Waals surface area contributed by atoms with Gasteiger partial charge in [0.2, 0.25) is 5.95 Å². The topological polar surface area (TPSA) is 83.0 Å². The summed E-state index contributed by atoms with van der Waals surface area (Å²) >= 11 is -1.63. The Hall–Kier alpha value is -2.07. The fourth-order valence-corrected chi connectivity index (χ4v) is 4.27. The zero-order valence-electron chi connectivity index (χ0n) is 16.9. The van der Waals surface area contributed by atoms with Crippen molar-refractivity contribution < 1.29 is 22.0 Å². The van der Waals surface area contributed by atoms with Gasteiger partial charge in [0.15, 0.2) is 0 Å². The Morgan fingerprint density at radius 3 is 2.53 bits per heavy atom. The molecule has 0 saturated carbocycles. The number of anilines is 1. The highest BCUT2D eigenvalue weighted by Crippen LogP contribution is 2.30. The number of hydrogen-bond acceptors (Lipinski definition) is 8. The minimum Gasteiger partial charge on any atom is -0.493 e. The first-order chi connectivity index (χ1) is 14.8. The molecule has 1 aromatic heterocycles. The molecule has 3 heterocycles. The maximum Gasteiger partial charge on any atom is 0.304 e. The van der Waals surface area contributed by atoms with Crippen LogP contribution in [0.3, 0.4) is 0 Å². The molecule has 0 radical (unpaired) electrons. The molecular formula is C21H27N3O5S. The van der Waals surface area contributed by atoms with Gasteiger partial charge in [-0.25, -0.2) is 9.97 Å². The molecule has 2 aliphatic heterocycles. The molecule has 0 N–H and O–H groups in total. The molecule has 0 aliphatic carbocycles. The van der Waals surface area contributed by atoms with Crippen molar-refractivity contribution in [1.82, 2.24) is 9.97 Å². The summed E-state index contributed by atoms with van der Waals surface area (Å²) in [6, 6.07) is 9.69. The van der Waals surface area contributed by atoms with Gasteiger partial charge in [-0.05, 0) is 25.0 Å². The molecule has 4 rings (SSSR count). The fraction of sp³-hybridized carbons (Fsp3) is 0.524. The standard InChI is InChI=1S/C21H27N3O5S/c25-30-28-15-17(16-29-30)19-5-1-2-6-20(19)27-14-4-13-26-18-7-11-24(12-8-18)21-22-9-3-10-23-21/h1-3,5-6,9-10,17-18H,4,7-8,11-16H2. The molecule has 0 spiro atoms. The molecule has 2 saturated heterocycles. The molecule has 2 fully saturated rings. The van der Waals surface area contributed by atoms with E-state index in [1.807, 2.05) is 30.3 Å². The number of ether oxygens (including phenoxy) is 2. The van der Waals surface area contributed by atoms with Gasteiger partial charge in [-0.1, -0.05) is 18.2 Å². The van der Waals surface area contributed by atoms with Crippen molar-refractivity contribution in [2.45, 2.75) is 31.3 Å². The Morgan fingerprint density at radius 2 is 1.77 bits per heavy atom. The van der Waals surface area contributed by atoms with E-state index in [0.717, 1.165) is 49.6 Å². The summed E-state index contributed by atoms with van der Waals surface area (Å²) in [5, 5.41) is 0. The van der Waals surface area contributed by atoms with Gasteiger partial charge in [-0.15, -0.1) is 0 Å². The predicted octanol–water partition coefficient (Wildman–Crippen LogP) is 2.64. The van der Waals surface area contributed by atoms with Crippen LogP contribution in [0.15, 0.2) is 42.7 Å². The van der Waals surface area contributed by atoms with Crippen LogP contribution in [-0.4, -0.2) is 59.8 Å². The van der Waals surface area contributed by atoms with Crippen LogP contribution in [0.1, 0.15) is 30.7 Å². The summed E-state index contributed by atoms with van der Waals surface area (Å²) < 4.78 is 33.5. The average molecular weight is 434 g/mol. The lowest BCUT2D eigenvalue weighted by atomic mass is 10.00. The van der Waals surface area contributed by atoms with Crippen LogP contribution in [-0.2, 0) is 24.5 Å². The molecule has 0 bridgehead atoms. The van der Waals surface area contributed by atoms with Crippen LogP contribution in [0, 0.1) is 0 Å². The maximum atomic E-state index is 11.2. The van der Waals surface area contributed by atoms with Crippen molar-refractivity contribution in [2.24, 2.45) is 0 Å². The van der Waals surface area contributed by atoms with Crippen LogP contribution in [0.4, 0.5) is 5.95 Å². The number of nitrogens with zero attached hydrogens (tertiary/aromatic N) is 3. The second-order valence-electron chi connectivity index (χ2n) is 7.32. The molecule has 0 unspecified atom stereocenters. The minimum absolute atomic E-state index is 0.0222. The van der Waals surface area contributed by atoms with Crippen molar-refractivity contribution >= 4 is 17.3 Å². The molecule has 2 aliphatic rings. The Kier molecular flexibility index (Phi) is 7.63. The lowest BCUT2D eigenvalue weighted by molar-refractivity contribution is 0.0304. The Balaban J connectivity index is 1.16. The third kappa shape index (κ3) is 5.75. The van der Waals surface area contributed by atoms with Crippen LogP contribution in [0.25, 0.3) is 0 Å². The first kappa shape index (κ1) is 21.2. The van der Waals surface area contributed by atoms with E-state index in [4.69, 9.17) is 17.8 Å². The summed E-state index contributed by atoms with van der Waals surface area (Å²) in [6.45, 7) is 3.80. The average Bonchev–Trinajstić information content (AvgIpc) is 2.81. The summed E-state index contributed by atoms with van der Waals surface area (Å²) in [4.78, 5) is 10.8. The molecule has 1 aromatic carbocycles. The maximum absolute atomic E-state index is 11.2. The summed E-state index contributed by atoms with van der Waals surface area (Å²) in [5.41, 5.74) is 1.02. The lowest BCUT2D eigenvalue weighted by Gasteiger charge is -2.31. The van der Waals surface area contributed by atoms with Crippen molar-refractivity contribution in [3.8, 4) is 5.75 Å². The summed E-state index contributed by atoms with van der Waals surface area (Å²) in [5.74, 6) is 1.63. The van der Waals surface area contributed by atoms with E-state index in [0.29, 0.717) is 26.4 Å². The molecular weight excluding hydrogens is 406 g/mol. The first-order valence-electron chi connectivity index (χ1n) is 10.3. The van der Waals surface area contributed by atoms with Crippen molar-refractivity contribution in [1.29, 1.82) is 0 Å². The fourth-order valence-electron chi connectivity index (χ4n) is 3.65. The number of benzene rings is 1. The zero-order valence-corrected chi connectivity index (χ0v) is 17.7. The Bertz CT molecular complexity index is 807. The highest BCUT2D eigenvalue weighted by atomic mass is 32.2. The lowest BCUT2D eigenvalue weighted by Crippen LogP contribution is -2.38. The van der Waals surface area contributed by atoms with E-state index in [9.17, 15) is 4.21 Å². The largest absolute Gasteiger partial charge is 0.493 e. The number of hydrogen-bond donors (Lipinski definition) is 0. The van der Waals surface area contributed by atoms with E-state index in [1.54, 1.807) is 12.4 Å². The quantitative estimate of drug-likeness (QED) is 0.588. The van der Waals surface area contributed by atoms with Gasteiger partial charge in [0.05, 0.1) is 32.5 Å². The molecule has 2 aromatic rings. The van der Waals surface area contributed by atoms with Crippen LogP contribution in [0.5, 0.6) is 5.75 Å². The van der Waals surface area contributed by atoms with Crippen molar-refractivity contribution in [3.05, 3.63) is 48.3 Å². The molecule has 9 heteroatoms. The molecule has 0 amide bonds. The van der Waals surface area contributed by atoms with Crippen LogP contribution in [0.2, 0.25) is 0 Å². The molecule has 162 valence electrons. The number of piperidine rings is 1. The molecule has 8 nitrogen and oxygen atoms in total. The monoisotopic (exact) mass is 433 g/mol. The number of rotatable bonds is 8. The predicted molar refractivity (Wildman–Crippen MR) is 113 cm³/mol. The van der Waals surface area contributed by atoms with Gasteiger partial charge >= 0.3 is 11.4 Å². The van der Waals surface area contributed by atoms with E-state index >= 15 is 0 Å². The smallest absolute Gasteiger partial charge is 0.304 e. The zero-order chi connectivity index (χ0) is 20.6. The van der Waals surface area contributed by atoms with Gasteiger partial charge < -0.3 is 14.4 Å². The van der Waals surface area contributed by atoms with E-state index in [-0.39, 0.29) is 12.0 Å². The van der Waals surface area contributed by atoms with Crippen LogP contribution >= 0.6 is 0 Å².